The largest absolute Gasteiger partial charge is 0.444 e. The van der Waals surface area contributed by atoms with Gasteiger partial charge in [0.1, 0.15) is 11.4 Å². The van der Waals surface area contributed by atoms with Crippen molar-refractivity contribution in [1.29, 1.82) is 0 Å². The van der Waals surface area contributed by atoms with E-state index in [-0.39, 0.29) is 18.0 Å². The number of aliphatic imine (C=N–C) groups is 1. The summed E-state index contributed by atoms with van der Waals surface area (Å²) in [4.78, 5) is 67.1. The number of allylic oxidation sites excluding steroid dienone is 1. The number of nitrogens with zero attached hydrogens (tertiary/aromatic N) is 4. The van der Waals surface area contributed by atoms with Crippen molar-refractivity contribution >= 4 is 63.9 Å². The fourth-order valence-corrected chi connectivity index (χ4v) is 4.94. The number of amides is 5. The number of halogens is 1. The first-order chi connectivity index (χ1) is 21.4. The fourth-order valence-electron chi connectivity index (χ4n) is 4.42. The number of aromatic nitrogens is 1. The van der Waals surface area contributed by atoms with Crippen LogP contribution in [0.1, 0.15) is 72.1 Å². The maximum Gasteiger partial charge on any atom is 0.410 e. The Labute approximate surface area is 280 Å². The third kappa shape index (κ3) is 15.6. The van der Waals surface area contributed by atoms with E-state index in [1.165, 1.54) is 49.4 Å². The van der Waals surface area contributed by atoms with Gasteiger partial charge in [-0.3, -0.25) is 19.2 Å². The molecule has 1 atom stereocenters. The molecule has 1 heterocycles. The van der Waals surface area contributed by atoms with Gasteiger partial charge in [-0.2, -0.15) is 0 Å². The molecule has 256 valence electrons. The number of hydrogen-bond donors (Lipinski definition) is 3. The molecule has 1 fully saturated rings. The van der Waals surface area contributed by atoms with Crippen molar-refractivity contribution in [2.24, 2.45) is 22.4 Å². The topological polar surface area (TPSA) is 190 Å². The van der Waals surface area contributed by atoms with Crippen molar-refractivity contribution in [1.82, 2.24) is 14.8 Å². The number of anilines is 1. The van der Waals surface area contributed by atoms with Crippen LogP contribution in [0.15, 0.2) is 35.1 Å². The van der Waals surface area contributed by atoms with Gasteiger partial charge in [0.25, 0.3) is 5.91 Å². The minimum absolute atomic E-state index is 0.0834. The number of primary amides is 2. The van der Waals surface area contributed by atoms with Gasteiger partial charge in [0.05, 0.1) is 5.02 Å². The van der Waals surface area contributed by atoms with E-state index in [4.69, 9.17) is 27.8 Å². The molecule has 0 saturated heterocycles. The van der Waals surface area contributed by atoms with Gasteiger partial charge in [0.2, 0.25) is 5.91 Å². The average Bonchev–Trinajstić information content (AvgIpc) is 3.00. The highest BCUT2D eigenvalue weighted by Crippen LogP contribution is 2.25. The summed E-state index contributed by atoms with van der Waals surface area (Å²) in [6.45, 7) is 5.54. The maximum atomic E-state index is 12.0. The van der Waals surface area contributed by atoms with E-state index in [1.807, 2.05) is 40.9 Å². The highest BCUT2D eigenvalue weighted by Gasteiger charge is 2.27. The summed E-state index contributed by atoms with van der Waals surface area (Å²) in [5, 5.41) is 2.94. The molecule has 5 amide bonds. The molecule has 0 aromatic carbocycles. The molecule has 1 aromatic heterocycles. The Balaban J connectivity index is 0.000000374. The summed E-state index contributed by atoms with van der Waals surface area (Å²) >= 11 is 6.78. The molecule has 1 saturated carbocycles. The van der Waals surface area contributed by atoms with Crippen molar-refractivity contribution in [3.8, 4) is 0 Å². The summed E-state index contributed by atoms with van der Waals surface area (Å²) in [5.74, 6) is -1.59. The van der Waals surface area contributed by atoms with E-state index in [9.17, 15) is 24.0 Å². The molecule has 0 spiro atoms. The van der Waals surface area contributed by atoms with Gasteiger partial charge in [0.15, 0.2) is 5.04 Å². The Bertz CT molecular complexity index is 1260. The van der Waals surface area contributed by atoms with E-state index in [2.05, 4.69) is 15.3 Å². The number of thioether (sulfide) groups is 1. The zero-order chi connectivity index (χ0) is 35.0. The van der Waals surface area contributed by atoms with Crippen LogP contribution >= 0.6 is 23.4 Å². The Morgan fingerprint density at radius 1 is 1.02 bits per heavy atom. The second-order valence-corrected chi connectivity index (χ2v) is 13.2. The zero-order valence-corrected chi connectivity index (χ0v) is 29.4. The molecule has 2 aliphatic carbocycles. The molecule has 0 radical (unpaired) electrons. The molecule has 5 N–H and O–H groups in total. The van der Waals surface area contributed by atoms with Crippen LogP contribution in [-0.4, -0.2) is 88.6 Å². The van der Waals surface area contributed by atoms with Crippen molar-refractivity contribution in [2.45, 2.75) is 83.8 Å². The van der Waals surface area contributed by atoms with Crippen LogP contribution in [0.25, 0.3) is 0 Å². The van der Waals surface area contributed by atoms with Crippen molar-refractivity contribution < 1.29 is 28.7 Å². The molecule has 2 aliphatic rings. The van der Waals surface area contributed by atoms with Gasteiger partial charge < -0.3 is 31.3 Å². The number of nitrogens with two attached hydrogens (primary N) is 2. The SMILES string of the molecule is CN(C)C(=O)C1CCCCC1.CSC(=NC1=CCC(N(C)C(=O)OC(C)(C)C)CC1)C(N)=O.NC(=O)C(=O)Nc1ccc(Cl)cn1. The second kappa shape index (κ2) is 19.8. The summed E-state index contributed by atoms with van der Waals surface area (Å²) in [6.07, 6.45) is 12.9. The quantitative estimate of drug-likeness (QED) is 0.237. The Hall–Kier alpha value is -3.65. The van der Waals surface area contributed by atoms with Gasteiger partial charge in [-0.15, -0.1) is 11.8 Å². The number of rotatable bonds is 4. The number of hydrogen-bond acceptors (Lipinski definition) is 9. The van der Waals surface area contributed by atoms with E-state index in [1.54, 1.807) is 23.1 Å². The van der Waals surface area contributed by atoms with E-state index in [0.717, 1.165) is 25.0 Å². The standard InChI is InChI=1S/C15H25N3O3S.C9H17NO.C7H6ClN3O2/c1-15(2,3)21-14(20)18(4)11-8-6-10(7-9-11)17-13(22-5)12(16)19;1-10(2)9(11)8-6-4-3-5-7-8;8-4-1-2-5(10-3-4)11-7(13)6(9)12/h6,11H,7-9H2,1-5H3,(H2,16,19);8H,3-7H2,1-2H3;1-3H,(H2,9,12)(H,10,11,13). The van der Waals surface area contributed by atoms with Crippen molar-refractivity contribution in [2.75, 3.05) is 32.7 Å². The second-order valence-electron chi connectivity index (χ2n) is 11.9. The van der Waals surface area contributed by atoms with E-state index >= 15 is 0 Å². The van der Waals surface area contributed by atoms with Gasteiger partial charge in [-0.05, 0) is 71.3 Å². The third-order valence-electron chi connectivity index (χ3n) is 6.83. The van der Waals surface area contributed by atoms with Crippen LogP contribution in [0.5, 0.6) is 0 Å². The maximum absolute atomic E-state index is 12.0. The number of carbonyl (C=O) groups is 5. The lowest BCUT2D eigenvalue weighted by atomic mass is 9.88. The first-order valence-electron chi connectivity index (χ1n) is 15.0. The summed E-state index contributed by atoms with van der Waals surface area (Å²) < 4.78 is 5.37. The van der Waals surface area contributed by atoms with Crippen LogP contribution in [0.4, 0.5) is 10.6 Å². The molecule has 15 heteroatoms. The van der Waals surface area contributed by atoms with Gasteiger partial charge in [0, 0.05) is 45.0 Å². The average molecular weight is 682 g/mol. The monoisotopic (exact) mass is 681 g/mol. The Morgan fingerprint density at radius 2 is 1.65 bits per heavy atom. The predicted molar refractivity (Wildman–Crippen MR) is 182 cm³/mol. The fraction of sp³-hybridized carbons (Fsp3) is 0.581. The van der Waals surface area contributed by atoms with Crippen LogP contribution in [0.2, 0.25) is 5.02 Å². The first-order valence-corrected chi connectivity index (χ1v) is 16.6. The lowest BCUT2D eigenvalue weighted by molar-refractivity contribution is -0.134. The van der Waals surface area contributed by atoms with Gasteiger partial charge >= 0.3 is 17.9 Å². The number of nitrogens with one attached hydrogen (secondary N) is 1. The smallest absolute Gasteiger partial charge is 0.410 e. The number of carbonyl (C=O) groups excluding carboxylic acids is 5. The van der Waals surface area contributed by atoms with Crippen molar-refractivity contribution in [3.05, 3.63) is 35.1 Å². The minimum atomic E-state index is -1.06. The highest BCUT2D eigenvalue weighted by atomic mass is 35.5. The highest BCUT2D eigenvalue weighted by molar-refractivity contribution is 8.15. The van der Waals surface area contributed by atoms with Crippen LogP contribution in [0, 0.1) is 5.92 Å². The van der Waals surface area contributed by atoms with Crippen LogP contribution in [0.3, 0.4) is 0 Å². The molecule has 0 bridgehead atoms. The predicted octanol–water partition coefficient (Wildman–Crippen LogP) is 4.35. The van der Waals surface area contributed by atoms with E-state index in [0.29, 0.717) is 34.7 Å². The molecule has 1 aromatic rings. The summed E-state index contributed by atoms with van der Waals surface area (Å²) in [5.41, 5.74) is 10.3. The molecule has 3 rings (SSSR count). The van der Waals surface area contributed by atoms with Crippen molar-refractivity contribution in [3.63, 3.8) is 0 Å². The summed E-state index contributed by atoms with van der Waals surface area (Å²) in [6, 6.07) is 3.08. The van der Waals surface area contributed by atoms with Gasteiger partial charge in [-0.25, -0.2) is 14.8 Å². The Kier molecular flexibility index (Phi) is 17.4. The molecule has 13 nitrogen and oxygen atoms in total. The molecular formula is C31H48ClN7O6S. The molecule has 46 heavy (non-hydrogen) atoms. The van der Waals surface area contributed by atoms with Crippen LogP contribution < -0.4 is 16.8 Å². The Morgan fingerprint density at radius 3 is 2.09 bits per heavy atom. The first kappa shape index (κ1) is 40.4. The van der Waals surface area contributed by atoms with Gasteiger partial charge in [-0.1, -0.05) is 36.9 Å². The summed E-state index contributed by atoms with van der Waals surface area (Å²) in [7, 11) is 5.44. The number of ether oxygens (including phenoxy) is 1. The molecule has 1 unspecified atom stereocenters. The third-order valence-corrected chi connectivity index (χ3v) is 7.73. The lowest BCUT2D eigenvalue weighted by Gasteiger charge is -2.32. The van der Waals surface area contributed by atoms with Crippen LogP contribution in [-0.2, 0) is 23.9 Å². The number of pyridine rings is 1. The zero-order valence-electron chi connectivity index (χ0n) is 27.8. The minimum Gasteiger partial charge on any atom is -0.444 e. The normalized spacial score (nSPS) is 16.7. The molecule has 0 aliphatic heterocycles. The van der Waals surface area contributed by atoms with E-state index < -0.39 is 23.3 Å². The molecular weight excluding hydrogens is 634 g/mol. The lowest BCUT2D eigenvalue weighted by Crippen LogP contribution is -2.41.